The first-order valence-electron chi connectivity index (χ1n) is 10.6. The summed E-state index contributed by atoms with van der Waals surface area (Å²) >= 11 is 1.27. The first kappa shape index (κ1) is 20.5. The lowest BCUT2D eigenvalue weighted by molar-refractivity contribution is -0.120. The zero-order valence-corrected chi connectivity index (χ0v) is 18.1. The molecule has 1 fully saturated rings. The highest BCUT2D eigenvalue weighted by Crippen LogP contribution is 2.33. The molecule has 0 radical (unpaired) electrons. The lowest BCUT2D eigenvalue weighted by Crippen LogP contribution is -2.36. The Bertz CT molecular complexity index is 1330. The molecule has 0 amide bonds. The molecule has 162 valence electrons. The Hall–Kier alpha value is -3.39. The molecule has 2 aromatic heterocycles. The van der Waals surface area contributed by atoms with Crippen LogP contribution in [0.25, 0.3) is 21.7 Å². The van der Waals surface area contributed by atoms with Gasteiger partial charge in [0.2, 0.25) is 0 Å². The van der Waals surface area contributed by atoms with Crippen molar-refractivity contribution in [2.75, 3.05) is 11.4 Å². The molecule has 0 aliphatic carbocycles. The van der Waals surface area contributed by atoms with E-state index in [4.69, 9.17) is 0 Å². The molecular formula is C24H21FN4O2S. The molecule has 3 heterocycles. The average Bonchev–Trinajstić information content (AvgIpc) is 3.46. The number of nitrogens with zero attached hydrogens (tertiary/aromatic N) is 3. The number of aromatic amines is 1. The molecule has 5 rings (SSSR count). The van der Waals surface area contributed by atoms with Crippen LogP contribution in [0.3, 0.4) is 0 Å². The lowest BCUT2D eigenvalue weighted by atomic mass is 10.0. The Morgan fingerprint density at radius 1 is 1.12 bits per heavy atom. The predicted octanol–water partition coefficient (Wildman–Crippen LogP) is 4.36. The van der Waals surface area contributed by atoms with Gasteiger partial charge in [-0.2, -0.15) is 0 Å². The smallest absolute Gasteiger partial charge is 0.278 e. The fourth-order valence-electron chi connectivity index (χ4n) is 4.13. The molecule has 0 unspecified atom stereocenters. The summed E-state index contributed by atoms with van der Waals surface area (Å²) in [7, 11) is 0. The number of halogens is 1. The van der Waals surface area contributed by atoms with E-state index in [0.29, 0.717) is 29.3 Å². The van der Waals surface area contributed by atoms with Crippen LogP contribution in [0.2, 0.25) is 0 Å². The number of ketones is 1. The lowest BCUT2D eigenvalue weighted by Gasteiger charge is -2.22. The molecule has 8 heteroatoms. The minimum Gasteiger partial charge on any atom is -0.338 e. The van der Waals surface area contributed by atoms with E-state index in [-0.39, 0.29) is 28.7 Å². The summed E-state index contributed by atoms with van der Waals surface area (Å²) in [5, 5.41) is 0.610. The van der Waals surface area contributed by atoms with E-state index in [1.807, 2.05) is 35.2 Å². The topological polar surface area (TPSA) is 79.0 Å². The SMILES string of the molecule is O=C(CCc1ccccc1)[C@H]1CCCN1c1nc2c(=O)[nH]c(-c3ccccc3F)nc2s1. The van der Waals surface area contributed by atoms with Gasteiger partial charge in [-0.15, -0.1) is 0 Å². The Morgan fingerprint density at radius 3 is 2.72 bits per heavy atom. The molecule has 1 aliphatic heterocycles. The van der Waals surface area contributed by atoms with Crippen molar-refractivity contribution in [2.24, 2.45) is 0 Å². The molecule has 1 saturated heterocycles. The van der Waals surface area contributed by atoms with Gasteiger partial charge >= 0.3 is 0 Å². The van der Waals surface area contributed by atoms with Crippen LogP contribution in [0.4, 0.5) is 9.52 Å². The third kappa shape index (κ3) is 3.93. The van der Waals surface area contributed by atoms with E-state index in [0.717, 1.165) is 18.4 Å². The zero-order chi connectivity index (χ0) is 22.1. The van der Waals surface area contributed by atoms with E-state index < -0.39 is 11.4 Å². The molecule has 32 heavy (non-hydrogen) atoms. The molecular weight excluding hydrogens is 427 g/mol. The Morgan fingerprint density at radius 2 is 1.91 bits per heavy atom. The molecule has 0 saturated carbocycles. The maximum absolute atomic E-state index is 14.2. The van der Waals surface area contributed by atoms with Gasteiger partial charge in [0.1, 0.15) is 11.6 Å². The van der Waals surface area contributed by atoms with Crippen molar-refractivity contribution >= 4 is 32.6 Å². The molecule has 1 atom stereocenters. The van der Waals surface area contributed by atoms with Gasteiger partial charge in [-0.25, -0.2) is 14.4 Å². The molecule has 4 aromatic rings. The van der Waals surface area contributed by atoms with Crippen LogP contribution in [-0.4, -0.2) is 33.3 Å². The average molecular weight is 449 g/mol. The summed E-state index contributed by atoms with van der Waals surface area (Å²) in [5.74, 6) is -0.101. The molecule has 1 N–H and O–H groups in total. The first-order chi connectivity index (χ1) is 15.6. The number of rotatable bonds is 6. The number of aryl methyl sites for hydroxylation is 1. The van der Waals surface area contributed by atoms with Gasteiger partial charge in [0.05, 0.1) is 11.6 Å². The van der Waals surface area contributed by atoms with Crippen LogP contribution < -0.4 is 10.5 Å². The predicted molar refractivity (Wildman–Crippen MR) is 124 cm³/mol. The van der Waals surface area contributed by atoms with E-state index in [9.17, 15) is 14.0 Å². The number of anilines is 1. The van der Waals surface area contributed by atoms with E-state index in [2.05, 4.69) is 15.0 Å². The number of benzene rings is 2. The summed E-state index contributed by atoms with van der Waals surface area (Å²) in [5.41, 5.74) is 1.17. The fourth-order valence-corrected chi connectivity index (χ4v) is 5.15. The minimum absolute atomic E-state index is 0.174. The molecule has 0 spiro atoms. The highest BCUT2D eigenvalue weighted by molar-refractivity contribution is 7.21. The summed E-state index contributed by atoms with van der Waals surface area (Å²) in [6.07, 6.45) is 2.83. The van der Waals surface area contributed by atoms with Gasteiger partial charge in [0.25, 0.3) is 5.56 Å². The summed E-state index contributed by atoms with van der Waals surface area (Å²) in [4.78, 5) is 39.6. The van der Waals surface area contributed by atoms with E-state index >= 15 is 0 Å². The number of nitrogens with one attached hydrogen (secondary N) is 1. The highest BCUT2D eigenvalue weighted by atomic mass is 32.1. The van der Waals surface area contributed by atoms with E-state index in [1.54, 1.807) is 18.2 Å². The van der Waals surface area contributed by atoms with Gasteiger partial charge in [-0.1, -0.05) is 53.8 Å². The zero-order valence-electron chi connectivity index (χ0n) is 17.3. The highest BCUT2D eigenvalue weighted by Gasteiger charge is 2.32. The maximum Gasteiger partial charge on any atom is 0.278 e. The van der Waals surface area contributed by atoms with Gasteiger partial charge in [-0.05, 0) is 37.0 Å². The number of H-pyrrole nitrogens is 1. The van der Waals surface area contributed by atoms with Gasteiger partial charge in [0, 0.05) is 13.0 Å². The third-order valence-corrected chi connectivity index (χ3v) is 6.75. The standard InChI is InChI=1S/C24H21FN4O2S/c25-17-10-5-4-9-16(17)21-27-22(31)20-23(28-21)32-24(26-20)29-14-6-11-18(29)19(30)13-12-15-7-2-1-3-8-15/h1-5,7-10,18H,6,11-14H2,(H,27,28,31)/t18-/m1/s1. The molecule has 6 nitrogen and oxygen atoms in total. The number of Topliss-reactive ketones (excluding diaryl/α,β-unsaturated/α-hetero) is 1. The number of carbonyl (C=O) groups is 1. The van der Waals surface area contributed by atoms with Crippen molar-refractivity contribution in [1.29, 1.82) is 0 Å². The Kier molecular flexibility index (Phi) is 5.53. The Balaban J connectivity index is 1.41. The van der Waals surface area contributed by atoms with Crippen LogP contribution in [0.5, 0.6) is 0 Å². The minimum atomic E-state index is -0.455. The number of hydrogen-bond acceptors (Lipinski definition) is 6. The largest absolute Gasteiger partial charge is 0.338 e. The van der Waals surface area contributed by atoms with Gasteiger partial charge in [-0.3, -0.25) is 9.59 Å². The molecule has 2 aromatic carbocycles. The van der Waals surface area contributed by atoms with Crippen molar-refractivity contribution in [1.82, 2.24) is 15.0 Å². The monoisotopic (exact) mass is 448 g/mol. The molecule has 1 aliphatic rings. The second kappa shape index (κ2) is 8.63. The van der Waals surface area contributed by atoms with Crippen molar-refractivity contribution in [3.8, 4) is 11.4 Å². The van der Waals surface area contributed by atoms with Crippen molar-refractivity contribution < 1.29 is 9.18 Å². The summed E-state index contributed by atoms with van der Waals surface area (Å²) in [6, 6.07) is 15.9. The second-order valence-corrected chi connectivity index (χ2v) is 8.80. The number of aromatic nitrogens is 3. The van der Waals surface area contributed by atoms with Crippen LogP contribution in [0.1, 0.15) is 24.8 Å². The van der Waals surface area contributed by atoms with Crippen molar-refractivity contribution in [3.63, 3.8) is 0 Å². The summed E-state index contributed by atoms with van der Waals surface area (Å²) < 4.78 is 14.2. The third-order valence-electron chi connectivity index (χ3n) is 5.76. The number of thiazole rings is 1. The number of fused-ring (bicyclic) bond motifs is 1. The maximum atomic E-state index is 14.2. The van der Waals surface area contributed by atoms with Crippen LogP contribution >= 0.6 is 11.3 Å². The van der Waals surface area contributed by atoms with Crippen molar-refractivity contribution in [2.45, 2.75) is 31.7 Å². The summed E-state index contributed by atoms with van der Waals surface area (Å²) in [6.45, 7) is 0.708. The van der Waals surface area contributed by atoms with Crippen molar-refractivity contribution in [3.05, 3.63) is 76.3 Å². The van der Waals surface area contributed by atoms with Gasteiger partial charge in [0.15, 0.2) is 21.3 Å². The van der Waals surface area contributed by atoms with E-state index in [1.165, 1.54) is 17.4 Å². The fraction of sp³-hybridized carbons (Fsp3) is 0.250. The number of hydrogen-bond donors (Lipinski definition) is 1. The van der Waals surface area contributed by atoms with Gasteiger partial charge < -0.3 is 9.88 Å². The second-order valence-electron chi connectivity index (χ2n) is 7.85. The first-order valence-corrected chi connectivity index (χ1v) is 11.4. The van der Waals surface area contributed by atoms with Crippen LogP contribution in [0, 0.1) is 5.82 Å². The quantitative estimate of drug-likeness (QED) is 0.474. The molecule has 0 bridgehead atoms. The van der Waals surface area contributed by atoms with Crippen LogP contribution in [0.15, 0.2) is 59.4 Å². The number of carbonyl (C=O) groups excluding carboxylic acids is 1. The van der Waals surface area contributed by atoms with Crippen LogP contribution in [-0.2, 0) is 11.2 Å². The normalized spacial score (nSPS) is 16.0. The Labute approximate surface area is 187 Å².